The number of nitrogens with zero attached hydrogens (tertiary/aromatic N) is 3. The van der Waals surface area contributed by atoms with E-state index in [1.165, 1.54) is 165 Å². The van der Waals surface area contributed by atoms with E-state index in [9.17, 15) is 0 Å². The fraction of sp³-hybridized carbons (Fsp3) is 0.262. The Morgan fingerprint density at radius 1 is 0.500 bits per heavy atom. The molecule has 0 aliphatic heterocycles. The zero-order valence-electron chi connectivity index (χ0n) is 37.4. The Hall–Kier alpha value is -6.45. The second-order valence-corrected chi connectivity index (χ2v) is 19.6. The molecule has 1 aromatic heterocycles. The Labute approximate surface area is 379 Å². The molecule has 1 heterocycles. The van der Waals surface area contributed by atoms with Crippen molar-refractivity contribution < 1.29 is 0 Å². The smallest absolute Gasteiger partial charge is 0.0546 e. The summed E-state index contributed by atoms with van der Waals surface area (Å²) in [6.45, 7) is 4.97. The number of rotatable bonds is 8. The van der Waals surface area contributed by atoms with Gasteiger partial charge in [0.2, 0.25) is 0 Å². The van der Waals surface area contributed by atoms with Gasteiger partial charge in [-0.2, -0.15) is 0 Å². The lowest BCUT2D eigenvalue weighted by Gasteiger charge is -2.31. The summed E-state index contributed by atoms with van der Waals surface area (Å²) < 4.78 is 0. The Morgan fingerprint density at radius 3 is 1.73 bits per heavy atom. The maximum Gasteiger partial charge on any atom is 0.0546 e. The lowest BCUT2D eigenvalue weighted by molar-refractivity contribution is 0.443. The molecule has 0 amide bonds. The molecule has 4 aliphatic rings. The van der Waals surface area contributed by atoms with Crippen molar-refractivity contribution in [2.45, 2.75) is 102 Å². The minimum atomic E-state index is -0.301. The average Bonchev–Trinajstić information content (AvgIpc) is 3.84. The summed E-state index contributed by atoms with van der Waals surface area (Å²) in [4.78, 5) is 9.74. The van der Waals surface area contributed by atoms with Crippen molar-refractivity contribution in [3.8, 4) is 22.3 Å². The number of hydrogen-bond donors (Lipinski definition) is 0. The van der Waals surface area contributed by atoms with Gasteiger partial charge in [0.15, 0.2) is 0 Å². The third-order valence-electron chi connectivity index (χ3n) is 15.5. The summed E-state index contributed by atoms with van der Waals surface area (Å²) in [5.74, 6) is 1.24. The molecule has 3 heteroatoms. The molecule has 0 atom stereocenters. The van der Waals surface area contributed by atoms with Crippen LogP contribution in [0, 0.1) is 0 Å². The quantitative estimate of drug-likeness (QED) is 0.152. The van der Waals surface area contributed by atoms with Crippen LogP contribution in [0.25, 0.3) is 33.0 Å². The zero-order chi connectivity index (χ0) is 42.8. The summed E-state index contributed by atoms with van der Waals surface area (Å²) in [5.41, 5.74) is 21.0. The van der Waals surface area contributed by atoms with E-state index >= 15 is 0 Å². The molecule has 316 valence electrons. The van der Waals surface area contributed by atoms with Crippen molar-refractivity contribution in [3.63, 3.8) is 0 Å². The number of hydrogen-bond acceptors (Lipinski definition) is 3. The molecule has 3 nitrogen and oxygen atoms in total. The molecular weight excluding hydrogens is 775 g/mol. The Morgan fingerprint density at radius 2 is 1.08 bits per heavy atom. The van der Waals surface area contributed by atoms with Crippen molar-refractivity contribution in [2.24, 2.45) is 0 Å². The van der Waals surface area contributed by atoms with Gasteiger partial charge in [0.1, 0.15) is 0 Å². The Balaban J connectivity index is 1.08. The van der Waals surface area contributed by atoms with Gasteiger partial charge in [-0.1, -0.05) is 131 Å². The van der Waals surface area contributed by atoms with Crippen LogP contribution in [0.1, 0.15) is 123 Å². The van der Waals surface area contributed by atoms with Crippen molar-refractivity contribution in [1.82, 2.24) is 4.98 Å². The number of anilines is 6. The molecule has 0 spiro atoms. The predicted molar refractivity (Wildman–Crippen MR) is 269 cm³/mol. The van der Waals surface area contributed by atoms with Gasteiger partial charge in [-0.25, -0.2) is 0 Å². The maximum absolute atomic E-state index is 4.65. The second kappa shape index (κ2) is 16.0. The molecule has 0 bridgehead atoms. The third kappa shape index (κ3) is 6.58. The van der Waals surface area contributed by atoms with Crippen LogP contribution < -0.4 is 9.80 Å². The summed E-state index contributed by atoms with van der Waals surface area (Å²) in [5, 5.41) is 2.51. The molecular formula is C61H57N3. The lowest BCUT2D eigenvalue weighted by Crippen LogP contribution is -2.19. The van der Waals surface area contributed by atoms with Gasteiger partial charge in [-0.15, -0.1) is 0 Å². The molecule has 8 aromatic rings. The molecule has 0 N–H and O–H groups in total. The minimum Gasteiger partial charge on any atom is -0.310 e. The molecule has 0 radical (unpaired) electrons. The van der Waals surface area contributed by atoms with E-state index in [0.717, 1.165) is 6.42 Å². The molecule has 12 rings (SSSR count). The normalized spacial score (nSPS) is 16.5. The number of pyridine rings is 1. The van der Waals surface area contributed by atoms with E-state index in [2.05, 4.69) is 186 Å². The van der Waals surface area contributed by atoms with Gasteiger partial charge >= 0.3 is 0 Å². The van der Waals surface area contributed by atoms with Crippen LogP contribution in [0.4, 0.5) is 34.1 Å². The van der Waals surface area contributed by atoms with Crippen LogP contribution in [0.3, 0.4) is 0 Å². The summed E-state index contributed by atoms with van der Waals surface area (Å²) >= 11 is 0. The molecule has 2 saturated carbocycles. The van der Waals surface area contributed by atoms with E-state index in [1.54, 1.807) is 0 Å². The maximum atomic E-state index is 4.65. The summed E-state index contributed by atoms with van der Waals surface area (Å²) in [6.07, 6.45) is 18.0. The number of aromatic nitrogens is 1. The average molecular weight is 832 g/mol. The SMILES string of the molecule is CC1(C)c2cc(N(c3ccccc3)c3cccc(C4CCCCC4)c3)ccc2-c2c(N(c3ccccc3)c3cccc(C4CCCCC4)c3)cc3c(c21)-c1ccc2ccncc2c1C3. The van der Waals surface area contributed by atoms with Crippen molar-refractivity contribution in [2.75, 3.05) is 9.80 Å². The third-order valence-corrected chi connectivity index (χ3v) is 15.5. The number of fused-ring (bicyclic) bond motifs is 9. The lowest BCUT2D eigenvalue weighted by atomic mass is 9.78. The minimum absolute atomic E-state index is 0.301. The van der Waals surface area contributed by atoms with Crippen molar-refractivity contribution in [1.29, 1.82) is 0 Å². The van der Waals surface area contributed by atoms with E-state index in [1.807, 2.05) is 6.20 Å². The van der Waals surface area contributed by atoms with Gasteiger partial charge in [0.25, 0.3) is 0 Å². The second-order valence-electron chi connectivity index (χ2n) is 19.6. The Bertz CT molecular complexity index is 3030. The molecule has 64 heavy (non-hydrogen) atoms. The van der Waals surface area contributed by atoms with Crippen LogP contribution in [-0.4, -0.2) is 4.98 Å². The molecule has 4 aliphatic carbocycles. The first-order valence-electron chi connectivity index (χ1n) is 24.1. The number of benzene rings is 7. The highest BCUT2D eigenvalue weighted by Crippen LogP contribution is 2.61. The largest absolute Gasteiger partial charge is 0.310 e. The monoisotopic (exact) mass is 831 g/mol. The Kier molecular flexibility index (Phi) is 9.77. The van der Waals surface area contributed by atoms with Gasteiger partial charge in [0.05, 0.1) is 5.69 Å². The summed E-state index contributed by atoms with van der Waals surface area (Å²) in [7, 11) is 0. The van der Waals surface area contributed by atoms with E-state index < -0.39 is 0 Å². The zero-order valence-corrected chi connectivity index (χ0v) is 37.4. The van der Waals surface area contributed by atoms with Crippen LogP contribution in [-0.2, 0) is 11.8 Å². The van der Waals surface area contributed by atoms with Crippen LogP contribution in [0.5, 0.6) is 0 Å². The molecule has 2 fully saturated rings. The first-order chi connectivity index (χ1) is 31.5. The first-order valence-corrected chi connectivity index (χ1v) is 24.1. The van der Waals surface area contributed by atoms with E-state index in [-0.39, 0.29) is 5.41 Å². The summed E-state index contributed by atoms with van der Waals surface area (Å²) in [6, 6.07) is 57.9. The molecule has 7 aromatic carbocycles. The van der Waals surface area contributed by atoms with Crippen LogP contribution in [0.15, 0.2) is 164 Å². The highest BCUT2D eigenvalue weighted by Gasteiger charge is 2.43. The van der Waals surface area contributed by atoms with Gasteiger partial charge < -0.3 is 9.80 Å². The highest BCUT2D eigenvalue weighted by molar-refractivity contribution is 6.04. The van der Waals surface area contributed by atoms with Gasteiger partial charge in [-0.3, -0.25) is 4.98 Å². The van der Waals surface area contributed by atoms with Gasteiger partial charge in [0, 0.05) is 57.2 Å². The van der Waals surface area contributed by atoms with E-state index in [4.69, 9.17) is 0 Å². The predicted octanol–water partition coefficient (Wildman–Crippen LogP) is 17.1. The van der Waals surface area contributed by atoms with Crippen LogP contribution in [0.2, 0.25) is 0 Å². The van der Waals surface area contributed by atoms with Crippen molar-refractivity contribution in [3.05, 3.63) is 197 Å². The topological polar surface area (TPSA) is 19.4 Å². The molecule has 0 saturated heterocycles. The van der Waals surface area contributed by atoms with E-state index in [0.29, 0.717) is 11.8 Å². The first kappa shape index (κ1) is 39.2. The van der Waals surface area contributed by atoms with Gasteiger partial charge in [-0.05, 0) is 172 Å². The molecule has 0 unspecified atom stereocenters. The van der Waals surface area contributed by atoms with Crippen LogP contribution >= 0.6 is 0 Å². The fourth-order valence-corrected chi connectivity index (χ4v) is 12.4. The number of para-hydroxylation sites is 2. The van der Waals surface area contributed by atoms with Crippen molar-refractivity contribution >= 4 is 44.9 Å². The highest BCUT2D eigenvalue weighted by atomic mass is 15.2. The standard InChI is InChI=1S/C61H57N3/c1-61(2)56-39-51(63(47-23-11-5-12-24-47)49-27-15-21-44(35-49)41-17-7-3-8-18-41)30-32-53(56)59-57(38-46-37-54-52(58(46)60(59)61)31-29-43-33-34-62-40-55(43)54)64(48-25-13-6-14-26-48)50-28-16-22-45(36-50)42-19-9-4-10-20-42/h5-6,11-16,21-36,38-42H,3-4,7-10,17-20,37H2,1-2H3. The fourth-order valence-electron chi connectivity index (χ4n) is 12.4.